The average Bonchev–Trinajstić information content (AvgIpc) is 3.47. The Hall–Kier alpha value is -3.95. The minimum Gasteiger partial charge on any atom is -0.475 e. The minimum atomic E-state index is -5.08. The van der Waals surface area contributed by atoms with Gasteiger partial charge in [-0.3, -0.25) is 14.6 Å². The van der Waals surface area contributed by atoms with Crippen molar-refractivity contribution in [3.05, 3.63) is 42.1 Å². The number of fused-ring (bicyclic) bond motifs is 2. The summed E-state index contributed by atoms with van der Waals surface area (Å²) in [6.07, 6.45) is -5.67. The monoisotopic (exact) mass is 676 g/mol. The molecule has 3 aliphatic rings. The van der Waals surface area contributed by atoms with Crippen LogP contribution in [0.2, 0.25) is 0 Å². The second-order valence-corrected chi connectivity index (χ2v) is 12.3. The number of para-hydroxylation sites is 1. The molecule has 1 aromatic heterocycles. The second-order valence-electron chi connectivity index (χ2n) is 12.3. The molecule has 3 saturated heterocycles. The van der Waals surface area contributed by atoms with Gasteiger partial charge in [0.05, 0.1) is 16.5 Å². The lowest BCUT2D eigenvalue weighted by Gasteiger charge is -2.47. The lowest BCUT2D eigenvalue weighted by Crippen LogP contribution is -2.53. The van der Waals surface area contributed by atoms with Crippen LogP contribution in [0.5, 0.6) is 0 Å². The van der Waals surface area contributed by atoms with Crippen molar-refractivity contribution in [1.29, 1.82) is 0 Å². The molecule has 260 valence electrons. The van der Waals surface area contributed by atoms with E-state index in [-0.39, 0.29) is 16.7 Å². The van der Waals surface area contributed by atoms with Gasteiger partial charge in [-0.2, -0.15) is 26.3 Å². The Morgan fingerprint density at radius 2 is 1.45 bits per heavy atom. The summed E-state index contributed by atoms with van der Waals surface area (Å²) in [5.74, 6) is -4.51. The Bertz CT molecular complexity index is 1430. The number of aromatic nitrogens is 1. The van der Waals surface area contributed by atoms with Gasteiger partial charge in [0, 0.05) is 62.8 Å². The van der Waals surface area contributed by atoms with E-state index < -0.39 is 24.3 Å². The molecule has 0 bridgehead atoms. The largest absolute Gasteiger partial charge is 0.490 e. The highest BCUT2D eigenvalue weighted by Gasteiger charge is 2.65. The number of benzene rings is 1. The summed E-state index contributed by atoms with van der Waals surface area (Å²) in [7, 11) is 0. The van der Waals surface area contributed by atoms with Crippen LogP contribution in [0.15, 0.2) is 36.5 Å². The van der Waals surface area contributed by atoms with E-state index in [0.29, 0.717) is 30.5 Å². The van der Waals surface area contributed by atoms with Gasteiger partial charge < -0.3 is 24.9 Å². The first-order valence-corrected chi connectivity index (χ1v) is 15.0. The van der Waals surface area contributed by atoms with Crippen molar-refractivity contribution >= 4 is 34.7 Å². The van der Waals surface area contributed by atoms with Crippen molar-refractivity contribution in [2.45, 2.75) is 52.4 Å². The van der Waals surface area contributed by atoms with Crippen molar-refractivity contribution in [3.8, 4) is 0 Å². The van der Waals surface area contributed by atoms with Gasteiger partial charge in [0.1, 0.15) is 0 Å². The Labute approximate surface area is 267 Å². The number of likely N-dealkylation sites (tertiary alicyclic amines) is 3. The van der Waals surface area contributed by atoms with Crippen molar-refractivity contribution in [2.75, 3.05) is 45.8 Å². The quantitative estimate of drug-likeness (QED) is 0.436. The second kappa shape index (κ2) is 14.4. The number of carboxylic acid groups (broad SMARTS) is 2. The summed E-state index contributed by atoms with van der Waals surface area (Å²) in [5.41, 5.74) is 1.14. The summed E-state index contributed by atoms with van der Waals surface area (Å²) in [4.78, 5) is 56.0. The summed E-state index contributed by atoms with van der Waals surface area (Å²) >= 11 is 0. The van der Waals surface area contributed by atoms with E-state index >= 15 is 0 Å². The molecule has 4 heterocycles. The van der Waals surface area contributed by atoms with Crippen LogP contribution in [0, 0.1) is 16.7 Å². The number of aliphatic carboxylic acids is 2. The number of carboxylic acids is 2. The maximum absolute atomic E-state index is 13.7. The molecule has 0 aliphatic carbocycles. The molecule has 0 radical (unpaired) electrons. The van der Waals surface area contributed by atoms with Gasteiger partial charge in [0.25, 0.3) is 5.91 Å². The standard InChI is InChI=1S/C27H36N4O2.2C2HF3O2/c1-4-30-16-12-27(25(30)33)19-29(17-20(2)3)18-26(27)10-14-31(15-11-26)24(32)22-9-5-7-21-8-6-13-28-23(21)22;2*3-2(4,5)1(6)7/h5-9,13,20H,4,10-12,14-19H2,1-3H3;2*(H,6,7). The zero-order valence-electron chi connectivity index (χ0n) is 26.2. The third-order valence-corrected chi connectivity index (χ3v) is 8.90. The minimum absolute atomic E-state index is 0.0311. The number of carbonyl (C=O) groups excluding carboxylic acids is 2. The average molecular weight is 677 g/mol. The van der Waals surface area contributed by atoms with Gasteiger partial charge in [-0.15, -0.1) is 0 Å². The number of alkyl halides is 6. The molecular formula is C31H38F6N4O6. The summed E-state index contributed by atoms with van der Waals surface area (Å²) in [5, 5.41) is 15.2. The van der Waals surface area contributed by atoms with Crippen LogP contribution in [0.3, 0.4) is 0 Å². The van der Waals surface area contributed by atoms with E-state index in [4.69, 9.17) is 19.8 Å². The van der Waals surface area contributed by atoms with E-state index in [1.165, 1.54) is 0 Å². The van der Waals surface area contributed by atoms with Crippen molar-refractivity contribution < 1.29 is 55.7 Å². The van der Waals surface area contributed by atoms with Crippen molar-refractivity contribution in [2.24, 2.45) is 16.7 Å². The predicted molar refractivity (Wildman–Crippen MR) is 157 cm³/mol. The number of nitrogens with zero attached hydrogens (tertiary/aromatic N) is 4. The van der Waals surface area contributed by atoms with E-state index in [1.807, 2.05) is 35.2 Å². The SMILES string of the molecule is CCN1CCC2(CN(CC(C)C)CC23CCN(C(=O)c2cccc4cccnc24)CC3)C1=O.O=C(O)C(F)(F)F.O=C(O)C(F)(F)F. The molecule has 3 aliphatic heterocycles. The highest BCUT2D eigenvalue weighted by atomic mass is 19.4. The molecule has 2 N–H and O–H groups in total. The molecule has 3 fully saturated rings. The third-order valence-electron chi connectivity index (χ3n) is 8.90. The highest BCUT2D eigenvalue weighted by molar-refractivity contribution is 6.05. The van der Waals surface area contributed by atoms with Gasteiger partial charge in [-0.1, -0.05) is 32.0 Å². The molecule has 1 atom stereocenters. The fraction of sp³-hybridized carbons (Fsp3) is 0.581. The van der Waals surface area contributed by atoms with Crippen LogP contribution in [0.1, 0.15) is 50.4 Å². The topological polar surface area (TPSA) is 131 Å². The maximum atomic E-state index is 13.7. The molecule has 2 spiro atoms. The van der Waals surface area contributed by atoms with Crippen LogP contribution in [-0.2, 0) is 14.4 Å². The van der Waals surface area contributed by atoms with Gasteiger partial charge in [-0.25, -0.2) is 9.59 Å². The van der Waals surface area contributed by atoms with Gasteiger partial charge in [0.15, 0.2) is 0 Å². The van der Waals surface area contributed by atoms with E-state index in [0.717, 1.165) is 62.9 Å². The number of piperidine rings is 1. The molecule has 0 saturated carbocycles. The van der Waals surface area contributed by atoms with Gasteiger partial charge in [-0.05, 0) is 44.2 Å². The van der Waals surface area contributed by atoms with Crippen molar-refractivity contribution in [1.82, 2.24) is 19.7 Å². The molecule has 1 aromatic carbocycles. The molecule has 2 aromatic rings. The van der Waals surface area contributed by atoms with Crippen LogP contribution in [0.25, 0.3) is 10.9 Å². The summed E-state index contributed by atoms with van der Waals surface area (Å²) < 4.78 is 63.5. The first-order valence-electron chi connectivity index (χ1n) is 15.0. The Morgan fingerprint density at radius 3 is 1.94 bits per heavy atom. The zero-order chi connectivity index (χ0) is 35.4. The highest BCUT2D eigenvalue weighted by Crippen LogP contribution is 2.58. The number of rotatable bonds is 4. The van der Waals surface area contributed by atoms with Crippen LogP contribution >= 0.6 is 0 Å². The number of pyridine rings is 1. The predicted octanol–water partition coefficient (Wildman–Crippen LogP) is 4.93. The molecule has 16 heteroatoms. The lowest BCUT2D eigenvalue weighted by molar-refractivity contribution is -0.193. The first-order chi connectivity index (χ1) is 21.8. The fourth-order valence-corrected chi connectivity index (χ4v) is 6.83. The van der Waals surface area contributed by atoms with Crippen LogP contribution in [-0.4, -0.2) is 112 Å². The van der Waals surface area contributed by atoms with Crippen LogP contribution < -0.4 is 0 Å². The van der Waals surface area contributed by atoms with Gasteiger partial charge >= 0.3 is 24.3 Å². The molecule has 2 amide bonds. The smallest absolute Gasteiger partial charge is 0.475 e. The molecule has 10 nitrogen and oxygen atoms in total. The van der Waals surface area contributed by atoms with E-state index in [2.05, 4.69) is 35.6 Å². The maximum Gasteiger partial charge on any atom is 0.490 e. The Balaban J connectivity index is 0.000000360. The Morgan fingerprint density at radius 1 is 0.894 bits per heavy atom. The number of hydrogen-bond donors (Lipinski definition) is 2. The fourth-order valence-electron chi connectivity index (χ4n) is 6.83. The van der Waals surface area contributed by atoms with Crippen molar-refractivity contribution in [3.63, 3.8) is 0 Å². The summed E-state index contributed by atoms with van der Waals surface area (Å²) in [6, 6.07) is 9.74. The molecular weight excluding hydrogens is 638 g/mol. The number of carbonyl (C=O) groups is 4. The van der Waals surface area contributed by atoms with Crippen LogP contribution in [0.4, 0.5) is 26.3 Å². The van der Waals surface area contributed by atoms with Gasteiger partial charge in [0.2, 0.25) is 5.91 Å². The van der Waals surface area contributed by atoms with E-state index in [9.17, 15) is 35.9 Å². The third kappa shape index (κ3) is 8.32. The summed E-state index contributed by atoms with van der Waals surface area (Å²) in [6.45, 7) is 12.6. The Kier molecular flexibility index (Phi) is 11.5. The van der Waals surface area contributed by atoms with E-state index in [1.54, 1.807) is 6.20 Å². The molecule has 5 rings (SSSR count). The number of halogens is 6. The normalized spacial score (nSPS) is 21.1. The first kappa shape index (κ1) is 37.5. The number of amides is 2. The molecule has 1 unspecified atom stereocenters. The number of hydrogen-bond acceptors (Lipinski definition) is 6. The lowest BCUT2D eigenvalue weighted by atomic mass is 9.60. The zero-order valence-corrected chi connectivity index (χ0v) is 26.2. The molecule has 47 heavy (non-hydrogen) atoms.